The topological polar surface area (TPSA) is 93.7 Å². The van der Waals surface area contributed by atoms with E-state index in [4.69, 9.17) is 21.1 Å². The van der Waals surface area contributed by atoms with E-state index in [-0.39, 0.29) is 17.6 Å². The Morgan fingerprint density at radius 3 is 2.48 bits per heavy atom. The van der Waals surface area contributed by atoms with Crippen molar-refractivity contribution < 1.29 is 22.7 Å². The number of rotatable bonds is 6. The molecule has 3 aromatic carbocycles. The third-order valence-corrected chi connectivity index (χ3v) is 5.97. The van der Waals surface area contributed by atoms with Crippen LogP contribution in [0.2, 0.25) is 5.02 Å². The van der Waals surface area contributed by atoms with E-state index in [0.29, 0.717) is 27.9 Å². The number of fused-ring (bicyclic) bond motifs is 1. The van der Waals surface area contributed by atoms with Gasteiger partial charge in [-0.1, -0.05) is 23.7 Å². The highest BCUT2D eigenvalue weighted by molar-refractivity contribution is 7.92. The quantitative estimate of drug-likeness (QED) is 0.532. The molecule has 0 saturated heterocycles. The normalized spacial score (nSPS) is 12.7. The number of ether oxygens (including phenoxy) is 2. The summed E-state index contributed by atoms with van der Waals surface area (Å²) in [6.07, 6.45) is 3.02. The molecule has 0 bridgehead atoms. The van der Waals surface area contributed by atoms with Crippen molar-refractivity contribution in [3.8, 4) is 11.5 Å². The number of hydrogen-bond acceptors (Lipinski definition) is 5. The molecular weight excluding hydrogens is 440 g/mol. The number of hydrogen-bond donors (Lipinski definition) is 2. The van der Waals surface area contributed by atoms with E-state index in [0.717, 1.165) is 5.56 Å². The molecule has 3 aromatic rings. The van der Waals surface area contributed by atoms with Crippen LogP contribution in [0.1, 0.15) is 5.56 Å². The maximum Gasteiger partial charge on any atom is 0.261 e. The molecular formula is C22H17ClN2O5S. The summed E-state index contributed by atoms with van der Waals surface area (Å²) in [4.78, 5) is 12.2. The SMILES string of the molecule is O=C(C=Cc1ccc2c(c1)OCO2)Nc1ccc(S(=O)(=O)Nc2cccc(Cl)c2)cc1. The van der Waals surface area contributed by atoms with Gasteiger partial charge in [-0.15, -0.1) is 0 Å². The molecule has 1 amide bonds. The third kappa shape index (κ3) is 5.17. The summed E-state index contributed by atoms with van der Waals surface area (Å²) in [5, 5.41) is 3.11. The molecule has 0 aliphatic carbocycles. The Morgan fingerprint density at radius 2 is 1.71 bits per heavy atom. The Hall–Kier alpha value is -3.49. The third-order valence-electron chi connectivity index (χ3n) is 4.33. The summed E-state index contributed by atoms with van der Waals surface area (Å²) < 4.78 is 38.0. The molecule has 2 N–H and O–H groups in total. The minimum atomic E-state index is -3.78. The van der Waals surface area contributed by atoms with Crippen LogP contribution >= 0.6 is 11.6 Å². The molecule has 0 unspecified atom stereocenters. The zero-order valence-corrected chi connectivity index (χ0v) is 17.6. The lowest BCUT2D eigenvalue weighted by atomic mass is 10.2. The maximum atomic E-state index is 12.5. The van der Waals surface area contributed by atoms with Crippen LogP contribution in [0.15, 0.2) is 77.7 Å². The molecule has 7 nitrogen and oxygen atoms in total. The average molecular weight is 457 g/mol. The fourth-order valence-electron chi connectivity index (χ4n) is 2.86. The van der Waals surface area contributed by atoms with Crippen LogP contribution in [0.5, 0.6) is 11.5 Å². The number of anilines is 2. The monoisotopic (exact) mass is 456 g/mol. The average Bonchev–Trinajstić information content (AvgIpc) is 3.20. The van der Waals surface area contributed by atoms with Gasteiger partial charge in [0.05, 0.1) is 10.6 Å². The van der Waals surface area contributed by atoms with E-state index in [1.165, 1.54) is 36.4 Å². The minimum absolute atomic E-state index is 0.0568. The number of carbonyl (C=O) groups is 1. The summed E-state index contributed by atoms with van der Waals surface area (Å²) >= 11 is 5.89. The van der Waals surface area contributed by atoms with Gasteiger partial charge in [0.15, 0.2) is 11.5 Å². The van der Waals surface area contributed by atoms with Crippen molar-refractivity contribution in [2.24, 2.45) is 0 Å². The van der Waals surface area contributed by atoms with Crippen molar-refractivity contribution in [1.29, 1.82) is 0 Å². The Balaban J connectivity index is 1.39. The summed E-state index contributed by atoms with van der Waals surface area (Å²) in [5.74, 6) is 0.942. The molecule has 0 fully saturated rings. The molecule has 0 saturated carbocycles. The molecule has 0 atom stereocenters. The zero-order chi connectivity index (χ0) is 21.8. The fourth-order valence-corrected chi connectivity index (χ4v) is 4.10. The first-order chi connectivity index (χ1) is 14.9. The molecule has 158 valence electrons. The molecule has 0 radical (unpaired) electrons. The second-order valence-corrected chi connectivity index (χ2v) is 8.69. The molecule has 4 rings (SSSR count). The molecule has 1 aliphatic heterocycles. The number of benzene rings is 3. The van der Waals surface area contributed by atoms with Gasteiger partial charge in [0.2, 0.25) is 12.7 Å². The molecule has 9 heteroatoms. The number of sulfonamides is 1. The predicted molar refractivity (Wildman–Crippen MR) is 119 cm³/mol. The molecule has 0 spiro atoms. The van der Waals surface area contributed by atoms with Crippen LogP contribution in [-0.4, -0.2) is 21.1 Å². The molecule has 0 aromatic heterocycles. The number of carbonyl (C=O) groups excluding carboxylic acids is 1. The number of amides is 1. The predicted octanol–water partition coefficient (Wildman–Crippen LogP) is 4.52. The van der Waals surface area contributed by atoms with Gasteiger partial charge in [0, 0.05) is 16.8 Å². The largest absolute Gasteiger partial charge is 0.454 e. The Bertz CT molecular complexity index is 1260. The van der Waals surface area contributed by atoms with Crippen molar-refractivity contribution in [1.82, 2.24) is 0 Å². The molecule has 1 heterocycles. The van der Waals surface area contributed by atoms with Crippen LogP contribution in [0, 0.1) is 0 Å². The smallest absolute Gasteiger partial charge is 0.261 e. The van der Waals surface area contributed by atoms with Crippen molar-refractivity contribution in [3.05, 3.63) is 83.4 Å². The van der Waals surface area contributed by atoms with Crippen molar-refractivity contribution >= 4 is 45.0 Å². The summed E-state index contributed by atoms with van der Waals surface area (Å²) in [7, 11) is -3.78. The standard InChI is InChI=1S/C22H17ClN2O5S/c23-16-2-1-3-18(13-16)25-31(27,28)19-8-6-17(7-9-19)24-22(26)11-5-15-4-10-20-21(12-15)30-14-29-20/h1-13,25H,14H2,(H,24,26). The van der Waals surface area contributed by atoms with Crippen molar-refractivity contribution in [3.63, 3.8) is 0 Å². The zero-order valence-electron chi connectivity index (χ0n) is 16.0. The van der Waals surface area contributed by atoms with Gasteiger partial charge in [-0.25, -0.2) is 8.42 Å². The van der Waals surface area contributed by atoms with Crippen molar-refractivity contribution in [2.45, 2.75) is 4.90 Å². The summed E-state index contributed by atoms with van der Waals surface area (Å²) in [5.41, 5.74) is 1.61. The van der Waals surface area contributed by atoms with Gasteiger partial charge in [-0.3, -0.25) is 9.52 Å². The lowest BCUT2D eigenvalue weighted by Crippen LogP contribution is -2.13. The number of halogens is 1. The van der Waals surface area contributed by atoms with Crippen LogP contribution in [0.25, 0.3) is 6.08 Å². The van der Waals surface area contributed by atoms with Crippen LogP contribution in [0.3, 0.4) is 0 Å². The second kappa shape index (κ2) is 8.71. The fraction of sp³-hybridized carbons (Fsp3) is 0.0455. The van der Waals surface area contributed by atoms with E-state index in [1.54, 1.807) is 36.4 Å². The summed E-state index contributed by atoms with van der Waals surface area (Å²) in [6, 6.07) is 17.6. The highest BCUT2D eigenvalue weighted by atomic mass is 35.5. The highest BCUT2D eigenvalue weighted by Crippen LogP contribution is 2.32. The Morgan fingerprint density at radius 1 is 0.935 bits per heavy atom. The number of nitrogens with one attached hydrogen (secondary N) is 2. The maximum absolute atomic E-state index is 12.5. The van der Waals surface area contributed by atoms with Gasteiger partial charge in [0.25, 0.3) is 10.0 Å². The van der Waals surface area contributed by atoms with E-state index >= 15 is 0 Å². The van der Waals surface area contributed by atoms with Crippen LogP contribution < -0.4 is 19.5 Å². The Kier molecular flexibility index (Phi) is 5.83. The van der Waals surface area contributed by atoms with E-state index < -0.39 is 10.0 Å². The lowest BCUT2D eigenvalue weighted by Gasteiger charge is -2.09. The van der Waals surface area contributed by atoms with Crippen molar-refractivity contribution in [2.75, 3.05) is 16.8 Å². The van der Waals surface area contributed by atoms with Gasteiger partial charge in [-0.2, -0.15) is 0 Å². The van der Waals surface area contributed by atoms with Gasteiger partial charge >= 0.3 is 0 Å². The minimum Gasteiger partial charge on any atom is -0.454 e. The van der Waals surface area contributed by atoms with Crippen LogP contribution in [0.4, 0.5) is 11.4 Å². The van der Waals surface area contributed by atoms with Crippen LogP contribution in [-0.2, 0) is 14.8 Å². The highest BCUT2D eigenvalue weighted by Gasteiger charge is 2.15. The molecule has 31 heavy (non-hydrogen) atoms. The Labute approximate surface area is 184 Å². The van der Waals surface area contributed by atoms with E-state index in [9.17, 15) is 13.2 Å². The first kappa shape index (κ1) is 20.8. The van der Waals surface area contributed by atoms with E-state index in [1.807, 2.05) is 6.07 Å². The van der Waals surface area contributed by atoms with Gasteiger partial charge in [0.1, 0.15) is 0 Å². The van der Waals surface area contributed by atoms with Gasteiger partial charge < -0.3 is 14.8 Å². The summed E-state index contributed by atoms with van der Waals surface area (Å²) in [6.45, 7) is 0.184. The molecule has 1 aliphatic rings. The lowest BCUT2D eigenvalue weighted by molar-refractivity contribution is -0.111. The van der Waals surface area contributed by atoms with E-state index in [2.05, 4.69) is 10.0 Å². The second-order valence-electron chi connectivity index (χ2n) is 6.58. The first-order valence-electron chi connectivity index (χ1n) is 9.16. The van der Waals surface area contributed by atoms with Gasteiger partial charge in [-0.05, 0) is 66.2 Å². The first-order valence-corrected chi connectivity index (χ1v) is 11.0.